The Morgan fingerprint density at radius 2 is 1.93 bits per heavy atom. The van der Waals surface area contributed by atoms with Gasteiger partial charge in [0.2, 0.25) is 5.91 Å². The zero-order chi connectivity index (χ0) is 29.8. The number of halogens is 3. The fraction of sp³-hybridized carbons (Fsp3) is 0.433. The van der Waals surface area contributed by atoms with E-state index in [0.717, 1.165) is 25.7 Å². The molecule has 0 spiro atoms. The molecule has 3 aromatic rings. The van der Waals surface area contributed by atoms with Crippen LogP contribution in [0.25, 0.3) is 22.0 Å². The minimum atomic E-state index is -0.897. The highest BCUT2D eigenvalue weighted by atomic mass is 35.5. The van der Waals surface area contributed by atoms with Crippen molar-refractivity contribution in [1.29, 1.82) is 0 Å². The van der Waals surface area contributed by atoms with Gasteiger partial charge in [0.05, 0.1) is 17.2 Å². The van der Waals surface area contributed by atoms with Gasteiger partial charge in [-0.15, -0.1) is 0 Å². The zero-order valence-electron chi connectivity index (χ0n) is 23.8. The Morgan fingerprint density at radius 1 is 1.20 bits per heavy atom. The Morgan fingerprint density at radius 3 is 2.59 bits per heavy atom. The number of hydrogen-bond acceptors (Lipinski definition) is 7. The Bertz CT molecular complexity index is 1410. The number of rotatable bonds is 10. The van der Waals surface area contributed by atoms with Crippen molar-refractivity contribution >= 4 is 34.2 Å². The van der Waals surface area contributed by atoms with Crippen molar-refractivity contribution in [3.63, 3.8) is 0 Å². The summed E-state index contributed by atoms with van der Waals surface area (Å²) in [7, 11) is 0. The molecule has 0 radical (unpaired) electrons. The van der Waals surface area contributed by atoms with Crippen molar-refractivity contribution < 1.29 is 23.4 Å². The zero-order valence-corrected chi connectivity index (χ0v) is 24.6. The first-order valence-corrected chi connectivity index (χ1v) is 14.2. The smallest absolute Gasteiger partial charge is 0.319 e. The summed E-state index contributed by atoms with van der Waals surface area (Å²) in [5, 5.41) is 10.6. The van der Waals surface area contributed by atoms with Gasteiger partial charge in [-0.05, 0) is 57.6 Å². The molecule has 220 valence electrons. The van der Waals surface area contributed by atoms with Crippen molar-refractivity contribution in [2.45, 2.75) is 46.2 Å². The summed E-state index contributed by atoms with van der Waals surface area (Å²) in [6, 6.07) is 4.79. The highest BCUT2D eigenvalue weighted by Gasteiger charge is 2.34. The first kappa shape index (κ1) is 30.5. The minimum Gasteiger partial charge on any atom is -0.507 e. The summed E-state index contributed by atoms with van der Waals surface area (Å²) in [4.78, 5) is 27.4. The van der Waals surface area contributed by atoms with Crippen LogP contribution in [0.15, 0.2) is 36.9 Å². The van der Waals surface area contributed by atoms with E-state index < -0.39 is 17.4 Å². The molecular formula is C30H36ClF2N5O3. The van der Waals surface area contributed by atoms with Gasteiger partial charge in [0.25, 0.3) is 0 Å². The molecule has 1 amide bonds. The van der Waals surface area contributed by atoms with Gasteiger partial charge in [-0.1, -0.05) is 38.1 Å². The topological polar surface area (TPSA) is 82.0 Å². The number of piperazine rings is 1. The lowest BCUT2D eigenvalue weighted by molar-refractivity contribution is -0.128. The average molecular weight is 588 g/mol. The number of aromatic hydroxyl groups is 1. The number of carbonyl (C=O) groups is 1. The third kappa shape index (κ3) is 6.23. The van der Waals surface area contributed by atoms with Gasteiger partial charge in [0.1, 0.15) is 22.9 Å². The van der Waals surface area contributed by atoms with Crippen LogP contribution in [0, 0.1) is 11.6 Å². The molecule has 2 aromatic carbocycles. The number of benzene rings is 2. The van der Waals surface area contributed by atoms with Crippen LogP contribution >= 0.6 is 11.6 Å². The molecule has 1 aliphatic heterocycles. The minimum absolute atomic E-state index is 0.0265. The highest BCUT2D eigenvalue weighted by Crippen LogP contribution is 2.43. The number of amides is 1. The maximum absolute atomic E-state index is 16.3. The molecule has 2 atom stereocenters. The second kappa shape index (κ2) is 13.0. The fourth-order valence-electron chi connectivity index (χ4n) is 5.27. The van der Waals surface area contributed by atoms with E-state index in [1.807, 2.05) is 18.7 Å². The second-order valence-corrected chi connectivity index (χ2v) is 10.6. The van der Waals surface area contributed by atoms with E-state index in [1.165, 1.54) is 24.3 Å². The quantitative estimate of drug-likeness (QED) is 0.242. The van der Waals surface area contributed by atoms with Crippen LogP contribution in [0.2, 0.25) is 5.02 Å². The van der Waals surface area contributed by atoms with Gasteiger partial charge < -0.3 is 24.5 Å². The number of carbonyl (C=O) groups excluding carboxylic acids is 1. The lowest BCUT2D eigenvalue weighted by Crippen LogP contribution is -2.58. The Hall–Kier alpha value is -3.50. The van der Waals surface area contributed by atoms with E-state index in [4.69, 9.17) is 16.3 Å². The molecule has 0 unspecified atom stereocenters. The number of aromatic nitrogens is 2. The molecule has 0 aliphatic carbocycles. The van der Waals surface area contributed by atoms with Crippen LogP contribution in [0.4, 0.5) is 14.6 Å². The van der Waals surface area contributed by atoms with Crippen LogP contribution in [-0.2, 0) is 4.79 Å². The number of phenols is 1. The number of phenolic OH excluding ortho intramolecular Hbond substituents is 1. The van der Waals surface area contributed by atoms with E-state index in [-0.39, 0.29) is 45.7 Å². The van der Waals surface area contributed by atoms with Gasteiger partial charge in [-0.2, -0.15) is 9.97 Å². The summed E-state index contributed by atoms with van der Waals surface area (Å²) in [6.07, 6.45) is 2.00. The molecule has 11 heteroatoms. The number of anilines is 1. The molecule has 1 saturated heterocycles. The predicted octanol–water partition coefficient (Wildman–Crippen LogP) is 5.66. The summed E-state index contributed by atoms with van der Waals surface area (Å²) < 4.78 is 37.0. The third-order valence-electron chi connectivity index (χ3n) is 7.54. The largest absolute Gasteiger partial charge is 0.507 e. The lowest BCUT2D eigenvalue weighted by Gasteiger charge is -2.44. The lowest BCUT2D eigenvalue weighted by atomic mass is 10.0. The molecule has 1 fully saturated rings. The molecule has 41 heavy (non-hydrogen) atoms. The third-order valence-corrected chi connectivity index (χ3v) is 7.84. The second-order valence-electron chi connectivity index (χ2n) is 10.2. The number of hydrogen-bond donors (Lipinski definition) is 1. The normalized spacial score (nSPS) is 17.4. The van der Waals surface area contributed by atoms with Crippen molar-refractivity contribution in [1.82, 2.24) is 19.8 Å². The van der Waals surface area contributed by atoms with Gasteiger partial charge in [-0.3, -0.25) is 4.79 Å². The molecule has 2 heterocycles. The molecule has 4 rings (SSSR count). The maximum atomic E-state index is 16.3. The van der Waals surface area contributed by atoms with E-state index in [2.05, 4.69) is 35.3 Å². The Kier molecular flexibility index (Phi) is 9.65. The van der Waals surface area contributed by atoms with Crippen LogP contribution in [0.1, 0.15) is 34.1 Å². The van der Waals surface area contributed by atoms with Gasteiger partial charge >= 0.3 is 6.01 Å². The fourth-order valence-corrected chi connectivity index (χ4v) is 5.56. The SMILES string of the molecule is C=CC(=O)N1C[C@H](C)N(c2nc(OCCCN(CC)CC)nc3c(F)c(-c4c(O)cccc4F)c(Cl)cc23)C[C@H]1C. The predicted molar refractivity (Wildman–Crippen MR) is 158 cm³/mol. The van der Waals surface area contributed by atoms with Crippen molar-refractivity contribution in [2.75, 3.05) is 44.2 Å². The van der Waals surface area contributed by atoms with Crippen molar-refractivity contribution in [2.24, 2.45) is 0 Å². The molecule has 1 N–H and O–H groups in total. The van der Waals surface area contributed by atoms with Gasteiger partial charge in [-0.25, -0.2) is 8.78 Å². The molecule has 8 nitrogen and oxygen atoms in total. The summed E-state index contributed by atoms with van der Waals surface area (Å²) in [6.45, 7) is 15.4. The van der Waals surface area contributed by atoms with Crippen LogP contribution < -0.4 is 9.64 Å². The highest BCUT2D eigenvalue weighted by molar-refractivity contribution is 6.34. The number of ether oxygens (including phenoxy) is 1. The number of nitrogens with zero attached hydrogens (tertiary/aromatic N) is 5. The van der Waals surface area contributed by atoms with E-state index in [9.17, 15) is 14.3 Å². The maximum Gasteiger partial charge on any atom is 0.319 e. The standard InChI is InChI=1S/C30H36ClF2N5O3/c1-6-24(40)37-16-19(5)38(17-18(37)4)29-20-15-21(31)25(26-22(32)11-9-12-23(26)39)27(33)28(20)34-30(35-29)41-14-10-13-36(7-2)8-3/h6,9,11-12,15,18-19,39H,1,7-8,10,13-14,16-17H2,2-5H3/t18-,19+/m1/s1. The Labute approximate surface area is 244 Å². The van der Waals surface area contributed by atoms with E-state index >= 15 is 4.39 Å². The van der Waals surface area contributed by atoms with Crippen LogP contribution in [0.3, 0.4) is 0 Å². The average Bonchev–Trinajstić information content (AvgIpc) is 2.95. The first-order valence-electron chi connectivity index (χ1n) is 13.8. The van der Waals surface area contributed by atoms with E-state index in [0.29, 0.717) is 37.3 Å². The van der Waals surface area contributed by atoms with Gasteiger partial charge in [0.15, 0.2) is 5.82 Å². The van der Waals surface area contributed by atoms with Gasteiger partial charge in [0, 0.05) is 42.7 Å². The molecule has 1 aromatic heterocycles. The van der Waals surface area contributed by atoms with E-state index in [1.54, 1.807) is 4.90 Å². The number of fused-ring (bicyclic) bond motifs is 1. The first-order chi connectivity index (χ1) is 19.6. The molecular weight excluding hydrogens is 552 g/mol. The van der Waals surface area contributed by atoms with Crippen molar-refractivity contribution in [3.05, 3.63) is 53.6 Å². The van der Waals surface area contributed by atoms with Crippen LogP contribution in [-0.4, -0.2) is 82.2 Å². The van der Waals surface area contributed by atoms with Crippen LogP contribution in [0.5, 0.6) is 11.8 Å². The molecule has 0 bridgehead atoms. The summed E-state index contributed by atoms with van der Waals surface area (Å²) in [5.41, 5.74) is -0.757. The summed E-state index contributed by atoms with van der Waals surface area (Å²) >= 11 is 6.55. The monoisotopic (exact) mass is 587 g/mol. The molecule has 1 aliphatic rings. The summed E-state index contributed by atoms with van der Waals surface area (Å²) in [5.74, 6) is -1.94. The molecule has 0 saturated carbocycles. The van der Waals surface area contributed by atoms with Crippen molar-refractivity contribution in [3.8, 4) is 22.9 Å². The Balaban J connectivity index is 1.82.